The third-order valence-corrected chi connectivity index (χ3v) is 10.0. The smallest absolute Gasteiger partial charge is 0.156 e. The molecule has 3 nitrogen and oxygen atoms in total. The molecule has 0 spiro atoms. The van der Waals surface area contributed by atoms with E-state index in [9.17, 15) is 4.79 Å². The number of likely N-dealkylation sites (tertiary alicyclic amines) is 1. The van der Waals surface area contributed by atoms with Gasteiger partial charge in [-0.1, -0.05) is 31.1 Å². The summed E-state index contributed by atoms with van der Waals surface area (Å²) in [6.07, 6.45) is 11.3. The summed E-state index contributed by atoms with van der Waals surface area (Å²) >= 11 is 0. The van der Waals surface area contributed by atoms with E-state index in [1.807, 2.05) is 6.08 Å². The van der Waals surface area contributed by atoms with E-state index in [4.69, 9.17) is 4.74 Å². The maximum atomic E-state index is 15.3. The lowest BCUT2D eigenvalue weighted by atomic mass is 9.53. The van der Waals surface area contributed by atoms with Gasteiger partial charge in [-0.05, 0) is 111 Å². The maximum absolute atomic E-state index is 15.3. The van der Waals surface area contributed by atoms with Gasteiger partial charge in [0, 0.05) is 24.3 Å². The summed E-state index contributed by atoms with van der Waals surface area (Å²) in [6, 6.07) is 8.68. The number of benzene rings is 1. The van der Waals surface area contributed by atoms with Gasteiger partial charge in [-0.3, -0.25) is 9.69 Å². The molecule has 2 saturated carbocycles. The molecule has 0 bridgehead atoms. The minimum Gasteiger partial charge on any atom is -0.492 e. The Hall–Kier alpha value is -1.94. The molecule has 0 N–H and O–H groups in total. The van der Waals surface area contributed by atoms with Crippen LogP contribution >= 0.6 is 0 Å². The molecule has 188 valence electrons. The number of carbonyl (C=O) groups is 1. The molecule has 1 aromatic rings. The second kappa shape index (κ2) is 9.50. The minimum absolute atomic E-state index is 0.241. The van der Waals surface area contributed by atoms with E-state index < -0.39 is 6.17 Å². The van der Waals surface area contributed by atoms with Crippen molar-refractivity contribution in [2.45, 2.75) is 83.2 Å². The summed E-state index contributed by atoms with van der Waals surface area (Å²) in [5, 5.41) is 0. The zero-order valence-electron chi connectivity index (χ0n) is 21.2. The van der Waals surface area contributed by atoms with Crippen LogP contribution in [0.25, 0.3) is 0 Å². The van der Waals surface area contributed by atoms with E-state index in [1.54, 1.807) is 5.57 Å². The predicted molar refractivity (Wildman–Crippen MR) is 137 cm³/mol. The van der Waals surface area contributed by atoms with Gasteiger partial charge >= 0.3 is 0 Å². The van der Waals surface area contributed by atoms with Gasteiger partial charge in [0.15, 0.2) is 5.78 Å². The molecule has 35 heavy (non-hydrogen) atoms. The number of nitrogens with zero attached hydrogens (tertiary/aromatic N) is 1. The number of piperidine rings is 1. The molecule has 5 aliphatic rings. The first-order valence-corrected chi connectivity index (χ1v) is 14.1. The topological polar surface area (TPSA) is 29.5 Å². The van der Waals surface area contributed by atoms with Crippen LogP contribution in [0, 0.1) is 17.3 Å². The number of carbonyl (C=O) groups excluding carboxylic acids is 1. The van der Waals surface area contributed by atoms with Crippen LogP contribution < -0.4 is 4.74 Å². The Bertz CT molecular complexity index is 1020. The van der Waals surface area contributed by atoms with Gasteiger partial charge in [-0.2, -0.15) is 0 Å². The van der Waals surface area contributed by atoms with E-state index in [2.05, 4.69) is 36.1 Å². The van der Waals surface area contributed by atoms with Crippen molar-refractivity contribution in [3.8, 4) is 5.75 Å². The summed E-state index contributed by atoms with van der Waals surface area (Å²) in [4.78, 5) is 14.7. The fourth-order valence-electron chi connectivity index (χ4n) is 8.17. The number of fused-ring (bicyclic) bond motifs is 4. The van der Waals surface area contributed by atoms with Crippen LogP contribution in [0.4, 0.5) is 4.39 Å². The molecule has 4 heteroatoms. The maximum Gasteiger partial charge on any atom is 0.156 e. The molecule has 4 aliphatic carbocycles. The first-order valence-electron chi connectivity index (χ1n) is 14.1. The second-order valence-electron chi connectivity index (χ2n) is 11.9. The van der Waals surface area contributed by atoms with E-state index in [-0.39, 0.29) is 17.1 Å². The van der Waals surface area contributed by atoms with E-state index in [1.165, 1.54) is 49.1 Å². The zero-order valence-corrected chi connectivity index (χ0v) is 21.2. The Morgan fingerprint density at radius 2 is 1.83 bits per heavy atom. The molecule has 0 radical (unpaired) electrons. The third-order valence-electron chi connectivity index (χ3n) is 10.0. The Labute approximate surface area is 209 Å². The van der Waals surface area contributed by atoms with Crippen LogP contribution in [-0.4, -0.2) is 43.1 Å². The van der Waals surface area contributed by atoms with Crippen molar-refractivity contribution in [2.75, 3.05) is 26.2 Å². The predicted octanol–water partition coefficient (Wildman–Crippen LogP) is 6.79. The normalized spacial score (nSPS) is 35.3. The van der Waals surface area contributed by atoms with Gasteiger partial charge in [0.1, 0.15) is 18.5 Å². The number of allylic oxidation sites excluding steroid dienone is 4. The van der Waals surface area contributed by atoms with E-state index in [0.717, 1.165) is 51.0 Å². The lowest BCUT2D eigenvalue weighted by Gasteiger charge is -2.51. The minimum atomic E-state index is -0.705. The molecule has 1 aromatic carbocycles. The van der Waals surface area contributed by atoms with Crippen molar-refractivity contribution >= 4 is 5.78 Å². The van der Waals surface area contributed by atoms with Crippen LogP contribution in [0.2, 0.25) is 0 Å². The van der Waals surface area contributed by atoms with Crippen molar-refractivity contribution in [1.82, 2.24) is 4.90 Å². The fraction of sp³-hybridized carbons (Fsp3) is 0.645. The first-order chi connectivity index (χ1) is 17.0. The molecule has 2 unspecified atom stereocenters. The summed E-state index contributed by atoms with van der Waals surface area (Å²) in [6.45, 7) is 6.33. The highest BCUT2D eigenvalue weighted by atomic mass is 19.1. The molecule has 0 amide bonds. The van der Waals surface area contributed by atoms with Crippen LogP contribution in [0.5, 0.6) is 5.75 Å². The number of hydrogen-bond donors (Lipinski definition) is 0. The standard InChI is InChI=1S/C31H40FNO2/c1-31-20-27(21-5-9-24(10-6-21)35-18-17-33-15-3-2-4-16-33)30-25-12-8-23(34)19-22(25)7-11-26(30)28(31)13-14-29(31)32/h5-6,9-10,19,26-29H,2-4,7-8,11-18,20H2,1H3/t26?,27-,28?,29-,31+/m1/s1. The van der Waals surface area contributed by atoms with Crippen molar-refractivity contribution in [3.05, 3.63) is 52.6 Å². The highest BCUT2D eigenvalue weighted by Gasteiger charge is 2.57. The van der Waals surface area contributed by atoms with Gasteiger partial charge in [-0.25, -0.2) is 4.39 Å². The van der Waals surface area contributed by atoms with E-state index in [0.29, 0.717) is 24.7 Å². The average Bonchev–Trinajstić information content (AvgIpc) is 3.18. The number of rotatable bonds is 5. The molecule has 6 rings (SSSR count). The Kier molecular flexibility index (Phi) is 6.37. The SMILES string of the molecule is C[C@]12C[C@H](c3ccc(OCCN4CCCCC4)cc3)C3=C4CCC(=O)C=C4CCC3C1CC[C@H]2F. The van der Waals surface area contributed by atoms with Crippen LogP contribution in [0.1, 0.15) is 82.6 Å². The Balaban J connectivity index is 1.26. The first kappa shape index (κ1) is 23.5. The number of ether oxygens (including phenoxy) is 1. The fourth-order valence-corrected chi connectivity index (χ4v) is 8.17. The number of alkyl halides is 1. The van der Waals surface area contributed by atoms with Crippen LogP contribution in [-0.2, 0) is 4.79 Å². The largest absolute Gasteiger partial charge is 0.492 e. The highest BCUT2D eigenvalue weighted by molar-refractivity contribution is 5.93. The van der Waals surface area contributed by atoms with Crippen LogP contribution in [0.15, 0.2) is 47.1 Å². The zero-order chi connectivity index (χ0) is 24.0. The average molecular weight is 478 g/mol. The summed E-state index contributed by atoms with van der Waals surface area (Å²) in [5.74, 6) is 2.34. The summed E-state index contributed by atoms with van der Waals surface area (Å²) in [7, 11) is 0. The van der Waals surface area contributed by atoms with Gasteiger partial charge in [0.2, 0.25) is 0 Å². The monoisotopic (exact) mass is 477 g/mol. The third kappa shape index (κ3) is 4.30. The van der Waals surface area contributed by atoms with Crippen molar-refractivity contribution in [1.29, 1.82) is 0 Å². The second-order valence-corrected chi connectivity index (χ2v) is 11.9. The molecular formula is C31H40FNO2. The highest BCUT2D eigenvalue weighted by Crippen LogP contribution is 2.64. The Morgan fingerprint density at radius 1 is 1.03 bits per heavy atom. The molecule has 1 heterocycles. The van der Waals surface area contributed by atoms with Gasteiger partial charge in [0.05, 0.1) is 0 Å². The molecule has 3 fully saturated rings. The van der Waals surface area contributed by atoms with Crippen LogP contribution in [0.3, 0.4) is 0 Å². The molecule has 0 aromatic heterocycles. The Morgan fingerprint density at radius 3 is 2.63 bits per heavy atom. The van der Waals surface area contributed by atoms with Gasteiger partial charge in [-0.15, -0.1) is 0 Å². The van der Waals surface area contributed by atoms with Crippen molar-refractivity contribution in [3.63, 3.8) is 0 Å². The van der Waals surface area contributed by atoms with Gasteiger partial charge < -0.3 is 4.74 Å². The molecular weight excluding hydrogens is 437 g/mol. The lowest BCUT2D eigenvalue weighted by Crippen LogP contribution is -2.44. The quantitative estimate of drug-likeness (QED) is 0.468. The number of hydrogen-bond acceptors (Lipinski definition) is 3. The van der Waals surface area contributed by atoms with Crippen molar-refractivity contribution in [2.24, 2.45) is 17.3 Å². The number of halogens is 1. The van der Waals surface area contributed by atoms with Gasteiger partial charge in [0.25, 0.3) is 0 Å². The molecule has 5 atom stereocenters. The summed E-state index contributed by atoms with van der Waals surface area (Å²) in [5.41, 5.74) is 5.31. The van der Waals surface area contributed by atoms with E-state index >= 15 is 4.39 Å². The molecule has 1 saturated heterocycles. The lowest BCUT2D eigenvalue weighted by molar-refractivity contribution is -0.114. The number of ketones is 1. The molecule has 1 aliphatic heterocycles. The summed E-state index contributed by atoms with van der Waals surface area (Å²) < 4.78 is 21.4. The van der Waals surface area contributed by atoms with Crippen molar-refractivity contribution < 1.29 is 13.9 Å².